The zero-order chi connectivity index (χ0) is 10.6. The van der Waals surface area contributed by atoms with Gasteiger partial charge in [0.15, 0.2) is 9.84 Å². The second-order valence-corrected chi connectivity index (χ2v) is 5.92. The SMILES string of the molecule is O=S1(=O)CCN(CCCB(O)O)CC1. The average molecular weight is 221 g/mol. The molecule has 14 heavy (non-hydrogen) atoms. The van der Waals surface area contributed by atoms with Crippen LogP contribution in [-0.2, 0) is 9.84 Å². The van der Waals surface area contributed by atoms with Crippen molar-refractivity contribution in [3.05, 3.63) is 0 Å². The molecule has 1 heterocycles. The summed E-state index contributed by atoms with van der Waals surface area (Å²) in [7, 11) is -4.04. The van der Waals surface area contributed by atoms with Gasteiger partial charge in [-0.3, -0.25) is 0 Å². The number of hydrogen-bond donors (Lipinski definition) is 2. The molecular weight excluding hydrogens is 205 g/mol. The van der Waals surface area contributed by atoms with Crippen molar-refractivity contribution in [1.29, 1.82) is 0 Å². The van der Waals surface area contributed by atoms with Gasteiger partial charge in [-0.1, -0.05) is 0 Å². The van der Waals surface area contributed by atoms with E-state index < -0.39 is 17.0 Å². The Labute approximate surface area is 84.8 Å². The summed E-state index contributed by atoms with van der Waals surface area (Å²) in [5.41, 5.74) is 0. The lowest BCUT2D eigenvalue weighted by molar-refractivity contribution is 0.292. The number of hydrogen-bond acceptors (Lipinski definition) is 5. The molecule has 0 aromatic rings. The highest BCUT2D eigenvalue weighted by atomic mass is 32.2. The zero-order valence-electron chi connectivity index (χ0n) is 8.09. The standard InChI is InChI=1S/C7H16BNO4S/c10-8(11)2-1-3-9-4-6-14(12,13)7-5-9/h10-11H,1-7H2. The minimum absolute atomic E-state index is 0.231. The number of nitrogens with zero attached hydrogens (tertiary/aromatic N) is 1. The zero-order valence-corrected chi connectivity index (χ0v) is 8.91. The Morgan fingerprint density at radius 1 is 1.21 bits per heavy atom. The molecule has 2 N–H and O–H groups in total. The number of rotatable bonds is 4. The van der Waals surface area contributed by atoms with E-state index in [0.717, 1.165) is 6.54 Å². The molecule has 1 fully saturated rings. The van der Waals surface area contributed by atoms with Gasteiger partial charge in [0.2, 0.25) is 0 Å². The van der Waals surface area contributed by atoms with E-state index in [1.807, 2.05) is 4.90 Å². The van der Waals surface area contributed by atoms with Crippen molar-refractivity contribution < 1.29 is 18.5 Å². The minimum Gasteiger partial charge on any atom is -0.427 e. The maximum absolute atomic E-state index is 11.1. The van der Waals surface area contributed by atoms with Crippen LogP contribution in [0.15, 0.2) is 0 Å². The van der Waals surface area contributed by atoms with Gasteiger partial charge in [-0.05, 0) is 19.3 Å². The van der Waals surface area contributed by atoms with Gasteiger partial charge >= 0.3 is 7.12 Å². The number of sulfone groups is 1. The Morgan fingerprint density at radius 2 is 1.79 bits per heavy atom. The molecule has 0 aromatic heterocycles. The van der Waals surface area contributed by atoms with Crippen molar-refractivity contribution in [3.8, 4) is 0 Å². The van der Waals surface area contributed by atoms with Crippen molar-refractivity contribution >= 4 is 17.0 Å². The monoisotopic (exact) mass is 221 g/mol. The molecule has 0 atom stereocenters. The van der Waals surface area contributed by atoms with E-state index in [4.69, 9.17) is 10.0 Å². The fourth-order valence-corrected chi connectivity index (χ4v) is 2.75. The van der Waals surface area contributed by atoms with Crippen molar-refractivity contribution in [2.24, 2.45) is 0 Å². The van der Waals surface area contributed by atoms with Crippen LogP contribution in [0.2, 0.25) is 6.32 Å². The van der Waals surface area contributed by atoms with Crippen molar-refractivity contribution in [2.75, 3.05) is 31.1 Å². The van der Waals surface area contributed by atoms with E-state index in [1.54, 1.807) is 0 Å². The summed E-state index contributed by atoms with van der Waals surface area (Å²) in [6.07, 6.45) is 1.04. The Bertz CT molecular complexity index is 253. The molecule has 1 rings (SSSR count). The summed E-state index contributed by atoms with van der Waals surface area (Å²) in [4.78, 5) is 2.05. The molecular formula is C7H16BNO4S. The summed E-state index contributed by atoms with van der Waals surface area (Å²) >= 11 is 0. The molecule has 0 unspecified atom stereocenters. The topological polar surface area (TPSA) is 77.8 Å². The Morgan fingerprint density at radius 3 is 2.29 bits per heavy atom. The molecule has 82 valence electrons. The molecule has 0 aromatic carbocycles. The van der Waals surface area contributed by atoms with Gasteiger partial charge in [0, 0.05) is 13.1 Å². The summed E-state index contributed by atoms with van der Waals surface area (Å²) in [6, 6.07) is 0. The lowest BCUT2D eigenvalue weighted by Crippen LogP contribution is -2.40. The largest absolute Gasteiger partial charge is 0.451 e. The Balaban J connectivity index is 2.16. The fraction of sp³-hybridized carbons (Fsp3) is 1.00. The predicted octanol–water partition coefficient (Wildman–Crippen LogP) is -1.42. The van der Waals surface area contributed by atoms with E-state index in [1.165, 1.54) is 0 Å². The van der Waals surface area contributed by atoms with E-state index in [9.17, 15) is 8.42 Å². The molecule has 0 spiro atoms. The van der Waals surface area contributed by atoms with Gasteiger partial charge in [0.05, 0.1) is 11.5 Å². The molecule has 1 aliphatic heterocycles. The smallest absolute Gasteiger partial charge is 0.427 e. The van der Waals surface area contributed by atoms with Gasteiger partial charge in [-0.15, -0.1) is 0 Å². The summed E-state index contributed by atoms with van der Waals surface area (Å²) in [6.45, 7) is 1.89. The molecule has 7 heteroatoms. The fourth-order valence-electron chi connectivity index (χ4n) is 1.47. The quantitative estimate of drug-likeness (QED) is 0.569. The lowest BCUT2D eigenvalue weighted by atomic mass is 9.84. The van der Waals surface area contributed by atoms with Crippen molar-refractivity contribution in [2.45, 2.75) is 12.7 Å². The van der Waals surface area contributed by atoms with Crippen LogP contribution >= 0.6 is 0 Å². The maximum atomic E-state index is 11.1. The first-order valence-corrected chi connectivity index (χ1v) is 6.61. The van der Waals surface area contributed by atoms with E-state index in [-0.39, 0.29) is 11.5 Å². The van der Waals surface area contributed by atoms with Crippen LogP contribution in [0.3, 0.4) is 0 Å². The van der Waals surface area contributed by atoms with Gasteiger partial charge in [0.1, 0.15) is 0 Å². The van der Waals surface area contributed by atoms with Crippen LogP contribution in [0.4, 0.5) is 0 Å². The van der Waals surface area contributed by atoms with Crippen LogP contribution in [-0.4, -0.2) is 61.6 Å². The first-order chi connectivity index (χ1) is 6.49. The summed E-state index contributed by atoms with van der Waals surface area (Å²) in [5.74, 6) is 0.462. The van der Waals surface area contributed by atoms with Crippen molar-refractivity contribution in [1.82, 2.24) is 4.90 Å². The third-order valence-electron chi connectivity index (χ3n) is 2.37. The van der Waals surface area contributed by atoms with Gasteiger partial charge < -0.3 is 14.9 Å². The third kappa shape index (κ3) is 4.41. The van der Waals surface area contributed by atoms with Crippen LogP contribution in [0.1, 0.15) is 6.42 Å². The predicted molar refractivity (Wildman–Crippen MR) is 54.7 cm³/mol. The molecule has 0 amide bonds. The highest BCUT2D eigenvalue weighted by molar-refractivity contribution is 7.91. The van der Waals surface area contributed by atoms with Gasteiger partial charge in [0.25, 0.3) is 0 Å². The summed E-state index contributed by atoms with van der Waals surface area (Å²) < 4.78 is 22.1. The average Bonchev–Trinajstić information content (AvgIpc) is 2.07. The Kier molecular flexibility index (Phi) is 4.37. The third-order valence-corrected chi connectivity index (χ3v) is 3.98. The molecule has 0 radical (unpaired) electrons. The molecule has 1 aliphatic rings. The van der Waals surface area contributed by atoms with Gasteiger partial charge in [-0.2, -0.15) is 0 Å². The van der Waals surface area contributed by atoms with Gasteiger partial charge in [-0.25, -0.2) is 8.42 Å². The van der Waals surface area contributed by atoms with Crippen LogP contribution in [0.25, 0.3) is 0 Å². The Hall–Kier alpha value is -0.105. The van der Waals surface area contributed by atoms with Crippen LogP contribution in [0, 0.1) is 0 Å². The molecule has 0 bridgehead atoms. The van der Waals surface area contributed by atoms with E-state index in [0.29, 0.717) is 25.8 Å². The second kappa shape index (κ2) is 5.11. The van der Waals surface area contributed by atoms with Crippen molar-refractivity contribution in [3.63, 3.8) is 0 Å². The highest BCUT2D eigenvalue weighted by Crippen LogP contribution is 2.05. The van der Waals surface area contributed by atoms with E-state index in [2.05, 4.69) is 0 Å². The molecule has 1 saturated heterocycles. The normalized spacial score (nSPS) is 22.1. The van der Waals surface area contributed by atoms with Crippen LogP contribution in [0.5, 0.6) is 0 Å². The van der Waals surface area contributed by atoms with E-state index >= 15 is 0 Å². The lowest BCUT2D eigenvalue weighted by Gasteiger charge is -2.26. The second-order valence-electron chi connectivity index (χ2n) is 3.62. The minimum atomic E-state index is -2.80. The molecule has 0 saturated carbocycles. The first-order valence-electron chi connectivity index (χ1n) is 4.78. The van der Waals surface area contributed by atoms with Crippen LogP contribution < -0.4 is 0 Å². The first kappa shape index (κ1) is 12.0. The molecule has 0 aliphatic carbocycles. The highest BCUT2D eigenvalue weighted by Gasteiger charge is 2.21. The maximum Gasteiger partial charge on any atom is 0.451 e. The molecule has 5 nitrogen and oxygen atoms in total. The summed E-state index contributed by atoms with van der Waals surface area (Å²) in [5, 5.41) is 17.2.